The quantitative estimate of drug-likeness (QED) is 0.638. The SMILES string of the molecule is CC(CC(=O)N1C2CC3CC1CC(C(C)C(=O)O)(C3)C2)c1c[nH]c2cccc(C3CC3)c12. The van der Waals surface area contributed by atoms with E-state index in [1.54, 1.807) is 0 Å². The highest BCUT2D eigenvalue weighted by Crippen LogP contribution is 2.59. The number of aromatic amines is 1. The van der Waals surface area contributed by atoms with E-state index in [-0.39, 0.29) is 35.2 Å². The van der Waals surface area contributed by atoms with Crippen molar-refractivity contribution < 1.29 is 14.7 Å². The molecule has 5 heteroatoms. The van der Waals surface area contributed by atoms with Gasteiger partial charge >= 0.3 is 5.97 Å². The molecule has 0 spiro atoms. The van der Waals surface area contributed by atoms with Crippen molar-refractivity contribution in [3.63, 3.8) is 0 Å². The number of H-pyrrole nitrogens is 1. The molecular weight excluding hydrogens is 400 g/mol. The van der Waals surface area contributed by atoms with E-state index in [1.807, 2.05) is 6.92 Å². The molecule has 2 aliphatic heterocycles. The van der Waals surface area contributed by atoms with E-state index in [2.05, 4.69) is 41.2 Å². The summed E-state index contributed by atoms with van der Waals surface area (Å²) < 4.78 is 0. The lowest BCUT2D eigenvalue weighted by atomic mass is 9.51. The average Bonchev–Trinajstić information content (AvgIpc) is 3.50. The van der Waals surface area contributed by atoms with Gasteiger partial charge in [0.2, 0.25) is 5.91 Å². The van der Waals surface area contributed by atoms with Gasteiger partial charge < -0.3 is 15.0 Å². The maximum atomic E-state index is 13.6. The van der Waals surface area contributed by atoms with Crippen molar-refractivity contribution >= 4 is 22.8 Å². The van der Waals surface area contributed by atoms with Crippen molar-refractivity contribution in [2.45, 2.75) is 89.1 Å². The molecule has 3 heterocycles. The number of fused-ring (bicyclic) bond motifs is 1. The number of hydrogen-bond acceptors (Lipinski definition) is 2. The number of carbonyl (C=O) groups excluding carboxylic acids is 1. The van der Waals surface area contributed by atoms with Gasteiger partial charge in [-0.3, -0.25) is 9.59 Å². The fourth-order valence-corrected chi connectivity index (χ4v) is 7.72. The van der Waals surface area contributed by atoms with Crippen molar-refractivity contribution in [3.8, 4) is 0 Å². The van der Waals surface area contributed by atoms with Crippen LogP contribution in [-0.2, 0) is 9.59 Å². The summed E-state index contributed by atoms with van der Waals surface area (Å²) in [4.78, 5) is 31.1. The van der Waals surface area contributed by atoms with Gasteiger partial charge in [0.15, 0.2) is 0 Å². The zero-order chi connectivity index (χ0) is 22.2. The number of hydrogen-bond donors (Lipinski definition) is 2. The Morgan fingerprint density at radius 2 is 1.88 bits per heavy atom. The van der Waals surface area contributed by atoms with E-state index < -0.39 is 5.97 Å². The second-order valence-corrected chi connectivity index (χ2v) is 11.4. The number of nitrogens with one attached hydrogen (secondary N) is 1. The van der Waals surface area contributed by atoms with Gasteiger partial charge in [0.25, 0.3) is 0 Å². The summed E-state index contributed by atoms with van der Waals surface area (Å²) in [5, 5.41) is 11.0. The molecule has 5 nitrogen and oxygen atoms in total. The number of aliphatic carboxylic acids is 1. The maximum absolute atomic E-state index is 13.6. The lowest BCUT2D eigenvalue weighted by Crippen LogP contribution is -2.65. The van der Waals surface area contributed by atoms with Crippen LogP contribution in [0.25, 0.3) is 10.9 Å². The molecule has 2 aromatic rings. The summed E-state index contributed by atoms with van der Waals surface area (Å²) in [5.74, 6) is 0.702. The van der Waals surface area contributed by atoms with Crippen LogP contribution >= 0.6 is 0 Å². The highest BCUT2D eigenvalue weighted by Gasteiger charge is 2.58. The lowest BCUT2D eigenvalue weighted by molar-refractivity contribution is -0.172. The predicted octanol–water partition coefficient (Wildman–Crippen LogP) is 5.42. The van der Waals surface area contributed by atoms with Crippen molar-refractivity contribution in [1.82, 2.24) is 9.88 Å². The molecule has 2 N–H and O–H groups in total. The third-order valence-electron chi connectivity index (χ3n) is 9.35. The number of aromatic nitrogens is 1. The number of benzene rings is 1. The van der Waals surface area contributed by atoms with Gasteiger partial charge in [0, 0.05) is 35.6 Å². The van der Waals surface area contributed by atoms with Crippen molar-refractivity contribution in [3.05, 3.63) is 35.5 Å². The topological polar surface area (TPSA) is 73.4 Å². The van der Waals surface area contributed by atoms with Crippen molar-refractivity contribution in [2.75, 3.05) is 0 Å². The normalized spacial score (nSPS) is 32.9. The Morgan fingerprint density at radius 3 is 2.53 bits per heavy atom. The number of carboxylic acid groups (broad SMARTS) is 1. The fraction of sp³-hybridized carbons (Fsp3) is 0.630. The molecule has 0 radical (unpaired) electrons. The van der Waals surface area contributed by atoms with Crippen LogP contribution in [-0.4, -0.2) is 39.0 Å². The minimum Gasteiger partial charge on any atom is -0.481 e. The van der Waals surface area contributed by atoms with Crippen LogP contribution in [0.5, 0.6) is 0 Å². The molecule has 4 unspecified atom stereocenters. The molecule has 4 bridgehead atoms. The molecule has 3 saturated carbocycles. The van der Waals surface area contributed by atoms with Crippen LogP contribution < -0.4 is 0 Å². The summed E-state index contributed by atoms with van der Waals surface area (Å²) >= 11 is 0. The second kappa shape index (κ2) is 7.10. The number of amides is 1. The zero-order valence-corrected chi connectivity index (χ0v) is 19.1. The molecule has 5 aliphatic rings. The summed E-state index contributed by atoms with van der Waals surface area (Å²) in [6, 6.07) is 7.00. The molecule has 32 heavy (non-hydrogen) atoms. The van der Waals surface area contributed by atoms with E-state index >= 15 is 0 Å². The third-order valence-corrected chi connectivity index (χ3v) is 9.35. The molecule has 1 aromatic carbocycles. The van der Waals surface area contributed by atoms with Gasteiger partial charge in [0.05, 0.1) is 5.92 Å². The number of nitrogens with zero attached hydrogens (tertiary/aromatic N) is 1. The fourth-order valence-electron chi connectivity index (χ4n) is 7.72. The highest BCUT2D eigenvalue weighted by molar-refractivity contribution is 5.89. The molecule has 1 aromatic heterocycles. The summed E-state index contributed by atoms with van der Waals surface area (Å²) in [6.07, 6.45) is 10.1. The average molecular weight is 435 g/mol. The van der Waals surface area contributed by atoms with E-state index in [0.29, 0.717) is 18.3 Å². The first kappa shape index (κ1) is 20.3. The second-order valence-electron chi connectivity index (χ2n) is 11.4. The molecule has 1 amide bonds. The van der Waals surface area contributed by atoms with Gasteiger partial charge in [0.1, 0.15) is 0 Å². The molecular formula is C27H34N2O3. The van der Waals surface area contributed by atoms with Gasteiger partial charge in [-0.25, -0.2) is 0 Å². The molecule has 3 aliphatic carbocycles. The Morgan fingerprint density at radius 1 is 1.16 bits per heavy atom. The predicted molar refractivity (Wildman–Crippen MR) is 124 cm³/mol. The van der Waals surface area contributed by atoms with Gasteiger partial charge in [-0.05, 0) is 85.3 Å². The Hall–Kier alpha value is -2.30. The summed E-state index contributed by atoms with van der Waals surface area (Å²) in [6.45, 7) is 4.08. The maximum Gasteiger partial charge on any atom is 0.306 e. The van der Waals surface area contributed by atoms with E-state index in [1.165, 1.54) is 34.9 Å². The smallest absolute Gasteiger partial charge is 0.306 e. The van der Waals surface area contributed by atoms with E-state index in [0.717, 1.165) is 32.1 Å². The van der Waals surface area contributed by atoms with Gasteiger partial charge in [-0.1, -0.05) is 26.0 Å². The van der Waals surface area contributed by atoms with Crippen molar-refractivity contribution in [2.24, 2.45) is 17.3 Å². The van der Waals surface area contributed by atoms with Crippen LogP contribution in [0.15, 0.2) is 24.4 Å². The zero-order valence-electron chi connectivity index (χ0n) is 19.1. The lowest BCUT2D eigenvalue weighted by Gasteiger charge is -2.62. The number of piperidine rings is 2. The van der Waals surface area contributed by atoms with E-state index in [9.17, 15) is 14.7 Å². The van der Waals surface area contributed by atoms with Crippen LogP contribution in [0, 0.1) is 17.3 Å². The molecule has 170 valence electrons. The molecule has 5 fully saturated rings. The minimum atomic E-state index is -0.677. The van der Waals surface area contributed by atoms with Gasteiger partial charge in [-0.15, -0.1) is 0 Å². The summed E-state index contributed by atoms with van der Waals surface area (Å²) in [5.41, 5.74) is 3.79. The molecule has 4 atom stereocenters. The number of carboxylic acids is 1. The minimum absolute atomic E-state index is 0.110. The van der Waals surface area contributed by atoms with Crippen LogP contribution in [0.4, 0.5) is 0 Å². The Labute approximate surface area is 189 Å². The standard InChI is InChI=1S/C27H34N2O3/c1-15(22-14-28-23-5-3-4-21(25(22)23)18-6-7-18)8-24(30)29-19-9-17-10-20(29)13-27(11-17,12-19)16(2)26(31)32/h3-5,14-20,28H,6-13H2,1-2H3,(H,31,32). The Bertz CT molecular complexity index is 1070. The number of carbonyl (C=O) groups is 2. The van der Waals surface area contributed by atoms with Crippen LogP contribution in [0.1, 0.15) is 88.2 Å². The molecule has 2 saturated heterocycles. The van der Waals surface area contributed by atoms with Crippen molar-refractivity contribution in [1.29, 1.82) is 0 Å². The largest absolute Gasteiger partial charge is 0.481 e. The highest BCUT2D eigenvalue weighted by atomic mass is 16.4. The van der Waals surface area contributed by atoms with Gasteiger partial charge in [-0.2, -0.15) is 0 Å². The molecule has 7 rings (SSSR count). The van der Waals surface area contributed by atoms with Crippen LogP contribution in [0.2, 0.25) is 0 Å². The first-order valence-electron chi connectivity index (χ1n) is 12.5. The monoisotopic (exact) mass is 434 g/mol. The first-order valence-corrected chi connectivity index (χ1v) is 12.5. The third kappa shape index (κ3) is 3.03. The Kier molecular flexibility index (Phi) is 4.51. The van der Waals surface area contributed by atoms with Crippen LogP contribution in [0.3, 0.4) is 0 Å². The van der Waals surface area contributed by atoms with E-state index in [4.69, 9.17) is 0 Å². The number of rotatable bonds is 6. The Balaban J connectivity index is 1.23. The summed E-state index contributed by atoms with van der Waals surface area (Å²) in [7, 11) is 0. The first-order chi connectivity index (χ1) is 15.4.